The Hall–Kier alpha value is -3.16. The molecule has 102 valence electrons. The number of rotatable bonds is 4. The van der Waals surface area contributed by atoms with Gasteiger partial charge in [0.1, 0.15) is 10.7 Å². The van der Waals surface area contributed by atoms with Gasteiger partial charge in [0, 0.05) is 5.56 Å². The van der Waals surface area contributed by atoms with Crippen molar-refractivity contribution < 1.29 is 19.2 Å². The van der Waals surface area contributed by atoms with Crippen LogP contribution in [0.25, 0.3) is 0 Å². The fraction of sp³-hybridized carbons (Fsp3) is 0. The highest BCUT2D eigenvalue weighted by Crippen LogP contribution is 2.14. The Morgan fingerprint density at radius 3 is 2.85 bits per heavy atom. The topological polar surface area (TPSA) is 118 Å². The highest BCUT2D eigenvalue weighted by molar-refractivity contribution is 5.95. The molecule has 2 N–H and O–H groups in total. The van der Waals surface area contributed by atoms with Crippen LogP contribution in [0.5, 0.6) is 5.75 Å². The third kappa shape index (κ3) is 3.19. The summed E-state index contributed by atoms with van der Waals surface area (Å²) in [6.07, 6.45) is 1.13. The summed E-state index contributed by atoms with van der Waals surface area (Å²) < 4.78 is 4.81. The highest BCUT2D eigenvalue weighted by atomic mass is 16.6. The Labute approximate surface area is 112 Å². The summed E-state index contributed by atoms with van der Waals surface area (Å²) >= 11 is 0. The van der Waals surface area contributed by atoms with E-state index in [9.17, 15) is 20.0 Å². The van der Waals surface area contributed by atoms with Crippen molar-refractivity contribution >= 4 is 18.0 Å². The van der Waals surface area contributed by atoms with Crippen molar-refractivity contribution in [2.75, 3.05) is 0 Å². The van der Waals surface area contributed by atoms with Gasteiger partial charge in [-0.15, -0.1) is 0 Å². The van der Waals surface area contributed by atoms with Crippen molar-refractivity contribution in [2.45, 2.75) is 0 Å². The minimum absolute atomic E-state index is 0.0386. The third-order valence-electron chi connectivity index (χ3n) is 2.26. The predicted molar refractivity (Wildman–Crippen MR) is 68.5 cm³/mol. The summed E-state index contributed by atoms with van der Waals surface area (Å²) in [6, 6.07) is 8.26. The second-order valence-electron chi connectivity index (χ2n) is 3.68. The maximum absolute atomic E-state index is 11.6. The standard InChI is InChI=1S/C12H9N3O5/c16-9-3-1-2-8(6-9)12(17)14-13-7-10-4-5-11(20-10)15(18)19/h1-7,16H,(H,14,17)/b13-7-. The molecule has 1 aromatic heterocycles. The highest BCUT2D eigenvalue weighted by Gasteiger charge is 2.10. The lowest BCUT2D eigenvalue weighted by atomic mass is 10.2. The summed E-state index contributed by atoms with van der Waals surface area (Å²) in [6.45, 7) is 0. The quantitative estimate of drug-likeness (QED) is 0.499. The zero-order valence-corrected chi connectivity index (χ0v) is 10.0. The van der Waals surface area contributed by atoms with Gasteiger partial charge in [-0.05, 0) is 24.3 Å². The van der Waals surface area contributed by atoms with E-state index in [1.807, 2.05) is 0 Å². The van der Waals surface area contributed by atoms with E-state index in [2.05, 4.69) is 10.5 Å². The lowest BCUT2D eigenvalue weighted by molar-refractivity contribution is -0.402. The van der Waals surface area contributed by atoms with E-state index >= 15 is 0 Å². The van der Waals surface area contributed by atoms with Gasteiger partial charge in [0.2, 0.25) is 0 Å². The number of benzene rings is 1. The molecule has 0 aliphatic rings. The number of carbonyl (C=O) groups is 1. The Morgan fingerprint density at radius 1 is 1.40 bits per heavy atom. The van der Waals surface area contributed by atoms with E-state index in [4.69, 9.17) is 4.42 Å². The van der Waals surface area contributed by atoms with Crippen molar-refractivity contribution in [3.63, 3.8) is 0 Å². The number of hydrogen-bond donors (Lipinski definition) is 2. The molecule has 2 aromatic rings. The third-order valence-corrected chi connectivity index (χ3v) is 2.26. The van der Waals surface area contributed by atoms with Crippen molar-refractivity contribution in [2.24, 2.45) is 5.10 Å². The first-order chi connectivity index (χ1) is 9.56. The van der Waals surface area contributed by atoms with Gasteiger partial charge in [0.25, 0.3) is 5.91 Å². The van der Waals surface area contributed by atoms with E-state index in [1.165, 1.54) is 36.4 Å². The number of hydrazone groups is 1. The van der Waals surface area contributed by atoms with E-state index in [0.29, 0.717) is 0 Å². The SMILES string of the molecule is O=C(N/N=C\c1ccc([N+](=O)[O-])o1)c1cccc(O)c1. The van der Waals surface area contributed by atoms with Crippen LogP contribution >= 0.6 is 0 Å². The first-order valence-electron chi connectivity index (χ1n) is 5.43. The molecule has 0 bridgehead atoms. The number of amides is 1. The Balaban J connectivity index is 1.99. The van der Waals surface area contributed by atoms with Crippen molar-refractivity contribution in [1.82, 2.24) is 5.43 Å². The van der Waals surface area contributed by atoms with Gasteiger partial charge in [-0.1, -0.05) is 6.07 Å². The first kappa shape index (κ1) is 13.3. The molecule has 0 unspecified atom stereocenters. The molecular formula is C12H9N3O5. The lowest BCUT2D eigenvalue weighted by Crippen LogP contribution is -2.17. The molecule has 0 fully saturated rings. The minimum atomic E-state index is -0.678. The summed E-state index contributed by atoms with van der Waals surface area (Å²) in [5.74, 6) is -0.847. The zero-order chi connectivity index (χ0) is 14.5. The van der Waals surface area contributed by atoms with Crippen LogP contribution in [0.3, 0.4) is 0 Å². The van der Waals surface area contributed by atoms with E-state index in [0.717, 1.165) is 6.21 Å². The molecule has 20 heavy (non-hydrogen) atoms. The van der Waals surface area contributed by atoms with E-state index in [-0.39, 0.29) is 17.1 Å². The van der Waals surface area contributed by atoms with Crippen LogP contribution in [0.15, 0.2) is 45.9 Å². The molecule has 1 heterocycles. The van der Waals surface area contributed by atoms with Crippen LogP contribution < -0.4 is 5.43 Å². The lowest BCUT2D eigenvalue weighted by Gasteiger charge is -1.99. The number of phenolic OH excluding ortho intramolecular Hbond substituents is 1. The fourth-order valence-corrected chi connectivity index (χ4v) is 1.38. The van der Waals surface area contributed by atoms with Crippen LogP contribution in [-0.4, -0.2) is 22.2 Å². The maximum atomic E-state index is 11.6. The van der Waals surface area contributed by atoms with Crippen LogP contribution in [0.1, 0.15) is 16.1 Å². The van der Waals surface area contributed by atoms with Crippen LogP contribution in [0.4, 0.5) is 5.88 Å². The molecule has 0 atom stereocenters. The average molecular weight is 275 g/mol. The Bertz CT molecular complexity index is 677. The van der Waals surface area contributed by atoms with Gasteiger partial charge < -0.3 is 9.52 Å². The molecule has 8 heteroatoms. The predicted octanol–water partition coefficient (Wildman–Crippen LogP) is 1.66. The van der Waals surface area contributed by atoms with Crippen LogP contribution in [0.2, 0.25) is 0 Å². The Morgan fingerprint density at radius 2 is 2.20 bits per heavy atom. The summed E-state index contributed by atoms with van der Waals surface area (Å²) in [7, 11) is 0. The summed E-state index contributed by atoms with van der Waals surface area (Å²) in [5, 5.41) is 23.2. The number of carbonyl (C=O) groups excluding carboxylic acids is 1. The second-order valence-corrected chi connectivity index (χ2v) is 3.68. The molecule has 0 saturated heterocycles. The average Bonchev–Trinajstić information content (AvgIpc) is 2.87. The molecule has 2 rings (SSSR count). The number of nitrogens with zero attached hydrogens (tertiary/aromatic N) is 2. The van der Waals surface area contributed by atoms with Gasteiger partial charge in [0.15, 0.2) is 5.76 Å². The van der Waals surface area contributed by atoms with Crippen molar-refractivity contribution in [3.05, 3.63) is 57.8 Å². The second kappa shape index (κ2) is 5.65. The monoisotopic (exact) mass is 275 g/mol. The fourth-order valence-electron chi connectivity index (χ4n) is 1.38. The van der Waals surface area contributed by atoms with Crippen molar-refractivity contribution in [3.8, 4) is 5.75 Å². The van der Waals surface area contributed by atoms with Crippen LogP contribution in [-0.2, 0) is 0 Å². The van der Waals surface area contributed by atoms with Crippen LogP contribution in [0, 0.1) is 10.1 Å². The normalized spacial score (nSPS) is 10.6. The molecule has 1 amide bonds. The Kier molecular flexibility index (Phi) is 3.75. The zero-order valence-electron chi connectivity index (χ0n) is 10.0. The van der Waals surface area contributed by atoms with Gasteiger partial charge in [-0.2, -0.15) is 5.10 Å². The molecule has 0 spiro atoms. The number of hydrogen-bond acceptors (Lipinski definition) is 6. The molecule has 1 aromatic carbocycles. The number of nitrogens with one attached hydrogen (secondary N) is 1. The molecule has 0 aliphatic heterocycles. The number of aromatic hydroxyl groups is 1. The van der Waals surface area contributed by atoms with Gasteiger partial charge >= 0.3 is 5.88 Å². The summed E-state index contributed by atoms with van der Waals surface area (Å²) in [4.78, 5) is 21.3. The first-order valence-corrected chi connectivity index (χ1v) is 5.43. The minimum Gasteiger partial charge on any atom is -0.508 e. The number of nitro groups is 1. The molecule has 0 saturated carbocycles. The molecular weight excluding hydrogens is 266 g/mol. The largest absolute Gasteiger partial charge is 0.508 e. The maximum Gasteiger partial charge on any atom is 0.433 e. The van der Waals surface area contributed by atoms with Gasteiger partial charge in [-0.3, -0.25) is 14.9 Å². The van der Waals surface area contributed by atoms with Crippen molar-refractivity contribution in [1.29, 1.82) is 0 Å². The smallest absolute Gasteiger partial charge is 0.433 e. The molecule has 0 aliphatic carbocycles. The summed E-state index contributed by atoms with van der Waals surface area (Å²) in [5.41, 5.74) is 2.43. The number of phenols is 1. The van der Waals surface area contributed by atoms with E-state index in [1.54, 1.807) is 0 Å². The number of furan rings is 1. The molecule has 0 radical (unpaired) electrons. The van der Waals surface area contributed by atoms with Gasteiger partial charge in [-0.25, -0.2) is 5.43 Å². The van der Waals surface area contributed by atoms with Gasteiger partial charge in [0.05, 0.1) is 12.3 Å². The molecule has 8 nitrogen and oxygen atoms in total. The van der Waals surface area contributed by atoms with E-state index < -0.39 is 16.7 Å².